The van der Waals surface area contributed by atoms with Crippen molar-refractivity contribution in [3.63, 3.8) is 0 Å². The molecule has 8 atom stereocenters. The normalized spacial score (nSPS) is 31.5. The van der Waals surface area contributed by atoms with Crippen molar-refractivity contribution < 1.29 is 38.1 Å². The van der Waals surface area contributed by atoms with Gasteiger partial charge in [-0.15, -0.1) is 0 Å². The van der Waals surface area contributed by atoms with E-state index in [2.05, 4.69) is 48.1 Å². The summed E-state index contributed by atoms with van der Waals surface area (Å²) in [7, 11) is 1.66. The lowest BCUT2D eigenvalue weighted by Gasteiger charge is -2.42. The Bertz CT molecular complexity index is 1460. The maximum absolute atomic E-state index is 13.1. The van der Waals surface area contributed by atoms with Crippen LogP contribution in [0, 0.1) is 11.8 Å². The number of ether oxygens (including phenoxy) is 4. The van der Waals surface area contributed by atoms with E-state index in [1.807, 2.05) is 44.2 Å². The minimum Gasteiger partial charge on any atom is -0.443 e. The molecule has 0 bridgehead atoms. The maximum Gasteiger partial charge on any atom is 0.407 e. The first-order valence-corrected chi connectivity index (χ1v) is 19.3. The van der Waals surface area contributed by atoms with Gasteiger partial charge in [0.25, 0.3) is 0 Å². The quantitative estimate of drug-likeness (QED) is 0.125. The highest BCUT2D eigenvalue weighted by Crippen LogP contribution is 2.59. The number of methoxy groups -OCH3 is 1. The number of hydrogen-bond donors (Lipinski definition) is 5. The number of nitrogens with two attached hydrogens (primary N) is 1. The van der Waals surface area contributed by atoms with Crippen LogP contribution in [0.15, 0.2) is 42.0 Å². The topological polar surface area (TPSA) is 186 Å². The van der Waals surface area contributed by atoms with Crippen molar-refractivity contribution in [3.05, 3.63) is 47.5 Å². The summed E-state index contributed by atoms with van der Waals surface area (Å²) in [5.41, 5.74) is 7.63. The highest BCUT2D eigenvalue weighted by atomic mass is 16.6. The molecular formula is C40H61N5O8. The Morgan fingerprint density at radius 1 is 1.00 bits per heavy atom. The van der Waals surface area contributed by atoms with Crippen LogP contribution in [0.2, 0.25) is 0 Å². The van der Waals surface area contributed by atoms with Crippen molar-refractivity contribution in [2.24, 2.45) is 17.6 Å². The van der Waals surface area contributed by atoms with Crippen LogP contribution in [-0.2, 0) is 39.8 Å². The van der Waals surface area contributed by atoms with Crippen LogP contribution in [-0.4, -0.2) is 97.8 Å². The fourth-order valence-electron chi connectivity index (χ4n) is 8.30. The zero-order valence-electron chi connectivity index (χ0n) is 32.3. The predicted molar refractivity (Wildman–Crippen MR) is 200 cm³/mol. The molecule has 2 aliphatic carbocycles. The highest BCUT2D eigenvalue weighted by Gasteiger charge is 2.72. The molecule has 4 fully saturated rings. The molecule has 13 heteroatoms. The van der Waals surface area contributed by atoms with Gasteiger partial charge in [-0.3, -0.25) is 14.4 Å². The first-order valence-electron chi connectivity index (χ1n) is 19.3. The van der Waals surface area contributed by atoms with E-state index in [0.717, 1.165) is 18.4 Å². The molecule has 1 spiro atoms. The average Bonchev–Trinajstić information content (AvgIpc) is 4.04. The molecule has 4 unspecified atom stereocenters. The molecule has 53 heavy (non-hydrogen) atoms. The fourth-order valence-corrected chi connectivity index (χ4v) is 8.30. The summed E-state index contributed by atoms with van der Waals surface area (Å²) in [4.78, 5) is 51.9. The van der Waals surface area contributed by atoms with Gasteiger partial charge in [0.15, 0.2) is 0 Å². The van der Waals surface area contributed by atoms with Gasteiger partial charge in [-0.1, -0.05) is 55.8 Å². The molecule has 4 amide bonds. The average molecular weight is 740 g/mol. The van der Waals surface area contributed by atoms with Gasteiger partial charge in [-0.05, 0) is 90.0 Å². The number of epoxide rings is 2. The third-order valence-corrected chi connectivity index (χ3v) is 11.3. The minimum atomic E-state index is -0.810. The van der Waals surface area contributed by atoms with E-state index < -0.39 is 41.7 Å². The van der Waals surface area contributed by atoms with E-state index in [-0.39, 0.29) is 54.2 Å². The standard InChI is InChI=1S/C40H61N5O8/c1-24(2)12-17-32-39(5,53-32)35-34(50-6)31(18-19-40(35)23-51-40)52-38(49)44-28-15-13-27(14-16-28)43-33(46)22-42-37(48)30(20-25(3)4)45-36(47)29(41)21-26-10-8-7-9-11-26/h7-12,25,27-32,34-35H,13-23,41H2,1-6H3,(H,42,48)(H,43,46)(H,44,49)(H,45,47)/t27-,28-,29-,30-,31?,32+,34?,35?,39?,40-/m0/s1. The Morgan fingerprint density at radius 2 is 1.66 bits per heavy atom. The van der Waals surface area contributed by atoms with Crippen molar-refractivity contribution in [1.29, 1.82) is 0 Å². The van der Waals surface area contributed by atoms with Gasteiger partial charge in [-0.25, -0.2) is 4.79 Å². The van der Waals surface area contributed by atoms with E-state index in [9.17, 15) is 19.2 Å². The maximum atomic E-state index is 13.1. The van der Waals surface area contributed by atoms with Crippen LogP contribution in [0.3, 0.4) is 0 Å². The second kappa shape index (κ2) is 17.7. The summed E-state index contributed by atoms with van der Waals surface area (Å²) >= 11 is 0. The molecule has 4 aliphatic rings. The SMILES string of the molecule is COC1C(OC(=O)N[C@H]2CC[C@H](NC(=O)CNC(=O)[C@H](CC(C)C)NC(=O)[C@@H](N)Cc3ccccc3)CC2)CC[C@]2(CO2)C1C1(C)O[C@@H]1CC=C(C)C. The molecule has 294 valence electrons. The monoisotopic (exact) mass is 739 g/mol. The number of hydrogen-bond acceptors (Lipinski definition) is 9. The summed E-state index contributed by atoms with van der Waals surface area (Å²) in [6, 6.07) is 7.68. The van der Waals surface area contributed by atoms with Gasteiger partial charge in [0.05, 0.1) is 31.2 Å². The van der Waals surface area contributed by atoms with Crippen molar-refractivity contribution in [2.75, 3.05) is 20.3 Å². The number of amides is 4. The molecule has 2 heterocycles. The van der Waals surface area contributed by atoms with Gasteiger partial charge < -0.3 is 45.9 Å². The lowest BCUT2D eigenvalue weighted by molar-refractivity contribution is -0.131. The number of carbonyl (C=O) groups excluding carboxylic acids is 4. The van der Waals surface area contributed by atoms with Crippen LogP contribution in [0.5, 0.6) is 0 Å². The van der Waals surface area contributed by atoms with E-state index in [4.69, 9.17) is 24.7 Å². The summed E-state index contributed by atoms with van der Waals surface area (Å²) < 4.78 is 24.3. The van der Waals surface area contributed by atoms with Gasteiger partial charge in [0, 0.05) is 19.2 Å². The lowest BCUT2D eigenvalue weighted by Crippen LogP contribution is -2.56. The summed E-state index contributed by atoms with van der Waals surface area (Å²) in [6.07, 6.45) is 6.74. The number of carbonyl (C=O) groups is 4. The zero-order valence-corrected chi connectivity index (χ0v) is 32.3. The zero-order chi connectivity index (χ0) is 38.3. The fraction of sp³-hybridized carbons (Fsp3) is 0.700. The van der Waals surface area contributed by atoms with Crippen molar-refractivity contribution in [1.82, 2.24) is 21.3 Å². The number of benzene rings is 1. The highest BCUT2D eigenvalue weighted by molar-refractivity contribution is 5.92. The third kappa shape index (κ3) is 10.8. The summed E-state index contributed by atoms with van der Waals surface area (Å²) in [5.74, 6) is -1.07. The molecular weight excluding hydrogens is 678 g/mol. The molecule has 0 radical (unpaired) electrons. The molecule has 13 nitrogen and oxygen atoms in total. The second-order valence-electron chi connectivity index (χ2n) is 16.3. The van der Waals surface area contributed by atoms with Gasteiger partial charge in [0.2, 0.25) is 17.7 Å². The summed E-state index contributed by atoms with van der Waals surface area (Å²) in [5, 5.41) is 11.5. The van der Waals surface area contributed by atoms with Crippen LogP contribution in [0.1, 0.15) is 91.5 Å². The van der Waals surface area contributed by atoms with Crippen LogP contribution in [0.4, 0.5) is 4.79 Å². The van der Waals surface area contributed by atoms with E-state index in [1.165, 1.54) is 5.57 Å². The largest absolute Gasteiger partial charge is 0.443 e. The molecule has 1 aromatic rings. The van der Waals surface area contributed by atoms with Crippen molar-refractivity contribution in [3.8, 4) is 0 Å². The van der Waals surface area contributed by atoms with E-state index in [0.29, 0.717) is 51.6 Å². The third-order valence-electron chi connectivity index (χ3n) is 11.3. The summed E-state index contributed by atoms with van der Waals surface area (Å²) in [6.45, 7) is 10.7. The smallest absolute Gasteiger partial charge is 0.407 e. The Kier molecular flexibility index (Phi) is 13.6. The Labute approximate surface area is 314 Å². The molecule has 5 rings (SSSR count). The van der Waals surface area contributed by atoms with Gasteiger partial charge in [0.1, 0.15) is 29.5 Å². The van der Waals surface area contributed by atoms with Gasteiger partial charge in [-0.2, -0.15) is 0 Å². The minimum absolute atomic E-state index is 0.0472. The number of alkyl carbamates (subject to hydrolysis) is 1. The Hall–Kier alpha value is -3.52. The Morgan fingerprint density at radius 3 is 2.26 bits per heavy atom. The predicted octanol–water partition coefficient (Wildman–Crippen LogP) is 3.43. The Balaban J connectivity index is 1.03. The second-order valence-corrected chi connectivity index (χ2v) is 16.3. The van der Waals surface area contributed by atoms with Gasteiger partial charge >= 0.3 is 6.09 Å². The van der Waals surface area contributed by atoms with Crippen LogP contribution >= 0.6 is 0 Å². The van der Waals surface area contributed by atoms with Crippen LogP contribution in [0.25, 0.3) is 0 Å². The lowest BCUT2D eigenvalue weighted by atomic mass is 9.68. The molecule has 6 N–H and O–H groups in total. The van der Waals surface area contributed by atoms with Crippen molar-refractivity contribution in [2.45, 2.75) is 146 Å². The van der Waals surface area contributed by atoms with E-state index >= 15 is 0 Å². The van der Waals surface area contributed by atoms with Crippen molar-refractivity contribution >= 4 is 23.8 Å². The van der Waals surface area contributed by atoms with E-state index in [1.54, 1.807) is 7.11 Å². The first-order chi connectivity index (χ1) is 25.2. The molecule has 2 aliphatic heterocycles. The van der Waals surface area contributed by atoms with Crippen LogP contribution < -0.4 is 27.0 Å². The number of rotatable bonds is 16. The first kappa shape index (κ1) is 40.7. The molecule has 0 aromatic heterocycles. The number of nitrogens with one attached hydrogen (secondary N) is 4. The molecule has 2 saturated heterocycles. The number of allylic oxidation sites excluding steroid dienone is 1. The molecule has 1 aromatic carbocycles. The molecule has 2 saturated carbocycles.